The maximum absolute atomic E-state index is 13.8. The van der Waals surface area contributed by atoms with Crippen molar-refractivity contribution in [2.45, 2.75) is 36.1 Å². The molecule has 36 heavy (non-hydrogen) atoms. The minimum Gasteiger partial charge on any atom is -0.497 e. The molecule has 2 aromatic carbocycles. The van der Waals surface area contributed by atoms with E-state index in [0.717, 1.165) is 24.9 Å². The van der Waals surface area contributed by atoms with Gasteiger partial charge in [0.2, 0.25) is 0 Å². The Kier molecular flexibility index (Phi) is 6.16. The SMILES string of the molecule is COc1ccc(-n2nc(S(C)(=O)=O)c3c2C(=O)N(c2ccc(C4(CCN(C)C)CC4)cc2)CC3)cc1. The maximum Gasteiger partial charge on any atom is 0.277 e. The minimum atomic E-state index is -3.61. The number of carbonyl (C=O) groups excluding carboxylic acids is 1. The molecule has 1 aliphatic carbocycles. The van der Waals surface area contributed by atoms with Crippen LogP contribution in [0.2, 0.25) is 0 Å². The van der Waals surface area contributed by atoms with Gasteiger partial charge in [0.25, 0.3) is 5.91 Å². The maximum atomic E-state index is 13.8. The summed E-state index contributed by atoms with van der Waals surface area (Å²) in [7, 11) is 2.17. The van der Waals surface area contributed by atoms with Gasteiger partial charge in [0.1, 0.15) is 11.4 Å². The quantitative estimate of drug-likeness (QED) is 0.463. The summed E-state index contributed by atoms with van der Waals surface area (Å²) in [6.07, 6.45) is 5.06. The molecule has 8 nitrogen and oxygen atoms in total. The number of nitrogens with zero attached hydrogens (tertiary/aromatic N) is 4. The number of hydrogen-bond acceptors (Lipinski definition) is 6. The van der Waals surface area contributed by atoms with Crippen molar-refractivity contribution in [2.75, 3.05) is 45.5 Å². The molecule has 2 aliphatic rings. The van der Waals surface area contributed by atoms with Gasteiger partial charge in [-0.2, -0.15) is 5.10 Å². The van der Waals surface area contributed by atoms with Gasteiger partial charge in [-0.25, -0.2) is 13.1 Å². The van der Waals surface area contributed by atoms with E-state index in [1.54, 1.807) is 36.3 Å². The zero-order valence-corrected chi connectivity index (χ0v) is 22.0. The fourth-order valence-electron chi connectivity index (χ4n) is 5.05. The number of rotatable bonds is 8. The number of methoxy groups -OCH3 is 1. The summed E-state index contributed by atoms with van der Waals surface area (Å²) in [5.74, 6) is 0.408. The summed E-state index contributed by atoms with van der Waals surface area (Å²) in [6.45, 7) is 1.45. The predicted octanol–water partition coefficient (Wildman–Crippen LogP) is 3.47. The van der Waals surface area contributed by atoms with Gasteiger partial charge >= 0.3 is 0 Å². The molecule has 0 atom stereocenters. The first-order chi connectivity index (χ1) is 17.1. The Hall–Kier alpha value is -3.17. The van der Waals surface area contributed by atoms with E-state index in [9.17, 15) is 13.2 Å². The monoisotopic (exact) mass is 508 g/mol. The lowest BCUT2D eigenvalue weighted by molar-refractivity contribution is 0.0973. The third-order valence-electron chi connectivity index (χ3n) is 7.33. The van der Waals surface area contributed by atoms with Crippen molar-refractivity contribution < 1.29 is 17.9 Å². The summed E-state index contributed by atoms with van der Waals surface area (Å²) in [5.41, 5.74) is 3.75. The molecule has 0 bridgehead atoms. The average Bonchev–Trinajstić information content (AvgIpc) is 3.54. The van der Waals surface area contributed by atoms with Crippen LogP contribution in [0.3, 0.4) is 0 Å². The molecule has 0 unspecified atom stereocenters. The molecule has 1 fully saturated rings. The van der Waals surface area contributed by atoms with Crippen molar-refractivity contribution in [2.24, 2.45) is 0 Å². The molecule has 2 heterocycles. The summed E-state index contributed by atoms with van der Waals surface area (Å²) >= 11 is 0. The second-order valence-corrected chi connectivity index (χ2v) is 12.0. The van der Waals surface area contributed by atoms with Crippen molar-refractivity contribution in [3.63, 3.8) is 0 Å². The van der Waals surface area contributed by atoms with E-state index < -0.39 is 9.84 Å². The van der Waals surface area contributed by atoms with Gasteiger partial charge < -0.3 is 14.5 Å². The van der Waals surface area contributed by atoms with Crippen LogP contribution in [-0.4, -0.2) is 69.6 Å². The molecule has 9 heteroatoms. The zero-order chi connectivity index (χ0) is 25.7. The molecule has 0 spiro atoms. The molecular formula is C27H32N4O4S. The number of fused-ring (bicyclic) bond motifs is 1. The zero-order valence-electron chi connectivity index (χ0n) is 21.2. The van der Waals surface area contributed by atoms with Crippen LogP contribution in [0, 0.1) is 0 Å². The molecule has 1 saturated carbocycles. The number of hydrogen-bond donors (Lipinski definition) is 0. The predicted molar refractivity (Wildman–Crippen MR) is 139 cm³/mol. The molecule has 3 aromatic rings. The number of anilines is 1. The fraction of sp³-hybridized carbons (Fsp3) is 0.407. The number of carbonyl (C=O) groups is 1. The smallest absolute Gasteiger partial charge is 0.277 e. The number of ether oxygens (including phenoxy) is 1. The Bertz CT molecular complexity index is 1390. The van der Waals surface area contributed by atoms with Gasteiger partial charge in [0.15, 0.2) is 14.9 Å². The highest BCUT2D eigenvalue weighted by Gasteiger charge is 2.43. The molecule has 1 aliphatic heterocycles. The Morgan fingerprint density at radius 3 is 2.22 bits per heavy atom. The van der Waals surface area contributed by atoms with Crippen molar-refractivity contribution >= 4 is 21.4 Å². The number of amides is 1. The highest BCUT2D eigenvalue weighted by atomic mass is 32.2. The highest BCUT2D eigenvalue weighted by Crippen LogP contribution is 2.51. The third kappa shape index (κ3) is 4.41. The molecular weight excluding hydrogens is 476 g/mol. The Morgan fingerprint density at radius 2 is 1.67 bits per heavy atom. The molecule has 1 amide bonds. The largest absolute Gasteiger partial charge is 0.497 e. The van der Waals surface area contributed by atoms with Crippen molar-refractivity contribution in [1.29, 1.82) is 0 Å². The van der Waals surface area contributed by atoms with Crippen LogP contribution in [0.15, 0.2) is 53.6 Å². The lowest BCUT2D eigenvalue weighted by Crippen LogP contribution is -2.39. The van der Waals surface area contributed by atoms with Gasteiger partial charge in [-0.1, -0.05) is 12.1 Å². The van der Waals surface area contributed by atoms with E-state index in [1.807, 2.05) is 12.1 Å². The first-order valence-corrected chi connectivity index (χ1v) is 14.1. The average molecular weight is 509 g/mol. The van der Waals surface area contributed by atoms with E-state index >= 15 is 0 Å². The standard InChI is InChI=1S/C27H32N4O4S/c1-29(2)18-16-27(14-15-27)19-5-7-20(8-6-19)30-17-13-23-24(26(30)32)31(28-25(23)36(4,33)34)21-9-11-22(35-3)12-10-21/h5-12H,13-18H2,1-4H3. The van der Waals surface area contributed by atoms with Crippen LogP contribution in [0.1, 0.15) is 40.9 Å². The highest BCUT2D eigenvalue weighted by molar-refractivity contribution is 7.90. The molecule has 0 radical (unpaired) electrons. The Labute approximate surface area is 212 Å². The summed E-state index contributed by atoms with van der Waals surface area (Å²) in [4.78, 5) is 17.7. The normalized spacial score (nSPS) is 16.8. The van der Waals surface area contributed by atoms with Crippen LogP contribution in [-0.2, 0) is 21.7 Å². The molecule has 5 rings (SSSR count). The minimum absolute atomic E-state index is 0.0340. The van der Waals surface area contributed by atoms with E-state index in [4.69, 9.17) is 4.74 Å². The van der Waals surface area contributed by atoms with E-state index in [2.05, 4.69) is 36.2 Å². The van der Waals surface area contributed by atoms with Gasteiger partial charge in [-0.05, 0) is 93.7 Å². The lowest BCUT2D eigenvalue weighted by Gasteiger charge is -2.28. The van der Waals surface area contributed by atoms with Crippen LogP contribution in [0.5, 0.6) is 5.75 Å². The number of benzene rings is 2. The summed E-state index contributed by atoms with van der Waals surface area (Å²) < 4.78 is 31.7. The van der Waals surface area contributed by atoms with Crippen LogP contribution in [0.4, 0.5) is 5.69 Å². The summed E-state index contributed by atoms with van der Waals surface area (Å²) in [5, 5.41) is 4.36. The third-order valence-corrected chi connectivity index (χ3v) is 8.36. The topological polar surface area (TPSA) is 84.7 Å². The molecule has 0 saturated heterocycles. The van der Waals surface area contributed by atoms with Crippen molar-refractivity contribution in [3.05, 3.63) is 65.4 Å². The Morgan fingerprint density at radius 1 is 1.03 bits per heavy atom. The van der Waals surface area contributed by atoms with Crippen LogP contribution < -0.4 is 9.64 Å². The van der Waals surface area contributed by atoms with Crippen LogP contribution >= 0.6 is 0 Å². The van der Waals surface area contributed by atoms with Gasteiger partial charge in [0.05, 0.1) is 12.8 Å². The van der Waals surface area contributed by atoms with E-state index in [0.29, 0.717) is 35.7 Å². The number of sulfone groups is 1. The molecule has 0 N–H and O–H groups in total. The molecule has 190 valence electrons. The lowest BCUT2D eigenvalue weighted by atomic mass is 9.92. The second kappa shape index (κ2) is 9.05. The summed E-state index contributed by atoms with van der Waals surface area (Å²) in [6, 6.07) is 15.4. The second-order valence-electron chi connectivity index (χ2n) is 10.1. The van der Waals surface area contributed by atoms with Crippen molar-refractivity contribution in [1.82, 2.24) is 14.7 Å². The molecule has 1 aromatic heterocycles. The van der Waals surface area contributed by atoms with Gasteiger partial charge in [0, 0.05) is 24.1 Å². The van der Waals surface area contributed by atoms with Crippen LogP contribution in [0.25, 0.3) is 5.69 Å². The van der Waals surface area contributed by atoms with E-state index in [1.165, 1.54) is 23.1 Å². The Balaban J connectivity index is 1.48. The van der Waals surface area contributed by atoms with Crippen molar-refractivity contribution in [3.8, 4) is 11.4 Å². The van der Waals surface area contributed by atoms with Gasteiger partial charge in [-0.3, -0.25) is 4.79 Å². The fourth-order valence-corrected chi connectivity index (χ4v) is 5.93. The first-order valence-electron chi connectivity index (χ1n) is 12.2. The number of aromatic nitrogens is 2. The first kappa shape index (κ1) is 24.5. The van der Waals surface area contributed by atoms with E-state index in [-0.39, 0.29) is 16.3 Å². The van der Waals surface area contributed by atoms with Gasteiger partial charge in [-0.15, -0.1) is 0 Å².